The second-order valence-electron chi connectivity index (χ2n) is 3.88. The lowest BCUT2D eigenvalue weighted by atomic mass is 10.2. The van der Waals surface area contributed by atoms with Crippen LogP contribution in [0.4, 0.5) is 8.78 Å². The van der Waals surface area contributed by atoms with Crippen molar-refractivity contribution in [1.82, 2.24) is 0 Å². The molecule has 0 aromatic heterocycles. The minimum Gasteiger partial charge on any atom is -0.207 e. The molecule has 0 atom stereocenters. The molecule has 0 nitrogen and oxygen atoms in total. The van der Waals surface area contributed by atoms with Gasteiger partial charge in [0.15, 0.2) is 0 Å². The van der Waals surface area contributed by atoms with E-state index in [1.165, 1.54) is 23.9 Å². The van der Waals surface area contributed by atoms with Gasteiger partial charge >= 0.3 is 0 Å². The minimum atomic E-state index is -0.518. The Labute approximate surface area is 118 Å². The van der Waals surface area contributed by atoms with Crippen molar-refractivity contribution in [3.8, 4) is 0 Å². The average Bonchev–Trinajstić information content (AvgIpc) is 2.36. The zero-order valence-electron chi connectivity index (χ0n) is 9.71. The van der Waals surface area contributed by atoms with E-state index in [1.807, 2.05) is 31.2 Å². The molecule has 0 N–H and O–H groups in total. The van der Waals surface area contributed by atoms with Gasteiger partial charge in [0, 0.05) is 16.2 Å². The van der Waals surface area contributed by atoms with Crippen molar-refractivity contribution in [2.24, 2.45) is 0 Å². The molecule has 94 valence electrons. The van der Waals surface area contributed by atoms with Crippen LogP contribution in [0.2, 0.25) is 0 Å². The molecule has 18 heavy (non-hydrogen) atoms. The summed E-state index contributed by atoms with van der Waals surface area (Å²) in [6, 6.07) is 10.5. The van der Waals surface area contributed by atoms with E-state index in [4.69, 9.17) is 0 Å². The molecule has 0 fully saturated rings. The number of aryl methyl sites for hydroxylation is 1. The predicted octanol–water partition coefficient (Wildman–Crippen LogP) is 5.33. The molecule has 2 aromatic rings. The van der Waals surface area contributed by atoms with Crippen LogP contribution in [0.5, 0.6) is 0 Å². The van der Waals surface area contributed by atoms with Crippen LogP contribution in [0.3, 0.4) is 0 Å². The predicted molar refractivity (Wildman–Crippen MR) is 74.8 cm³/mol. The van der Waals surface area contributed by atoms with Crippen LogP contribution in [0.25, 0.3) is 0 Å². The maximum atomic E-state index is 13.8. The second kappa shape index (κ2) is 5.85. The van der Waals surface area contributed by atoms with Crippen LogP contribution in [0, 0.1) is 18.6 Å². The van der Waals surface area contributed by atoms with E-state index in [-0.39, 0.29) is 11.3 Å². The molecule has 4 heteroatoms. The summed E-state index contributed by atoms with van der Waals surface area (Å²) < 4.78 is 27.6. The third kappa shape index (κ3) is 2.93. The van der Waals surface area contributed by atoms with Gasteiger partial charge in [-0.1, -0.05) is 18.2 Å². The molecule has 2 rings (SSSR count). The van der Waals surface area contributed by atoms with Crippen molar-refractivity contribution in [2.45, 2.75) is 17.6 Å². The van der Waals surface area contributed by atoms with E-state index in [0.29, 0.717) is 4.47 Å². The molecule has 0 unspecified atom stereocenters. The molecule has 0 aliphatic heterocycles. The highest BCUT2D eigenvalue weighted by Crippen LogP contribution is 2.30. The number of thioether (sulfide) groups is 1. The van der Waals surface area contributed by atoms with Gasteiger partial charge in [-0.25, -0.2) is 8.78 Å². The summed E-state index contributed by atoms with van der Waals surface area (Å²) in [5.74, 6) is -0.741. The Hall–Kier alpha value is -0.870. The fourth-order valence-electron chi connectivity index (χ4n) is 1.57. The van der Waals surface area contributed by atoms with Gasteiger partial charge in [0.1, 0.15) is 11.6 Å². The van der Waals surface area contributed by atoms with Gasteiger partial charge in [-0.3, -0.25) is 0 Å². The quantitative estimate of drug-likeness (QED) is 0.542. The first kappa shape index (κ1) is 13.6. The Kier molecular flexibility index (Phi) is 4.40. The molecular formula is C14H11BrF2S. The average molecular weight is 329 g/mol. The summed E-state index contributed by atoms with van der Waals surface area (Å²) in [4.78, 5) is 1.04. The van der Waals surface area contributed by atoms with Crippen molar-refractivity contribution >= 4 is 27.7 Å². The van der Waals surface area contributed by atoms with Gasteiger partial charge in [0.05, 0.1) is 4.47 Å². The fraction of sp³-hybridized carbons (Fsp3) is 0.143. The molecule has 0 aliphatic carbocycles. The van der Waals surface area contributed by atoms with Crippen molar-refractivity contribution in [3.05, 3.63) is 63.6 Å². The van der Waals surface area contributed by atoms with Gasteiger partial charge in [-0.2, -0.15) is 0 Å². The first-order valence-corrected chi connectivity index (χ1v) is 7.18. The summed E-state index contributed by atoms with van der Waals surface area (Å²) in [6.07, 6.45) is 0. The van der Waals surface area contributed by atoms with E-state index in [2.05, 4.69) is 15.9 Å². The topological polar surface area (TPSA) is 0 Å². The third-order valence-corrected chi connectivity index (χ3v) is 4.42. The number of halogens is 3. The van der Waals surface area contributed by atoms with Gasteiger partial charge in [0.25, 0.3) is 0 Å². The van der Waals surface area contributed by atoms with E-state index < -0.39 is 11.6 Å². The van der Waals surface area contributed by atoms with E-state index in [9.17, 15) is 8.78 Å². The number of rotatable bonds is 3. The van der Waals surface area contributed by atoms with Gasteiger partial charge < -0.3 is 0 Å². The van der Waals surface area contributed by atoms with Crippen LogP contribution in [-0.4, -0.2) is 0 Å². The summed E-state index contributed by atoms with van der Waals surface area (Å²) in [5.41, 5.74) is 1.22. The molecule has 0 bridgehead atoms. The van der Waals surface area contributed by atoms with Crippen molar-refractivity contribution in [3.63, 3.8) is 0 Å². The molecule has 0 saturated heterocycles. The number of hydrogen-bond donors (Lipinski definition) is 0. The largest absolute Gasteiger partial charge is 0.207 e. The highest BCUT2D eigenvalue weighted by Gasteiger charge is 2.12. The molecule has 0 heterocycles. The first-order chi connectivity index (χ1) is 8.59. The Morgan fingerprint density at radius 1 is 1.11 bits per heavy atom. The fourth-order valence-corrected chi connectivity index (χ4v) is 2.98. The molecule has 0 amide bonds. The molecular weight excluding hydrogens is 318 g/mol. The van der Waals surface area contributed by atoms with Crippen molar-refractivity contribution in [2.75, 3.05) is 0 Å². The lowest BCUT2D eigenvalue weighted by Gasteiger charge is -2.08. The van der Waals surface area contributed by atoms with Crippen LogP contribution >= 0.6 is 27.7 Å². The van der Waals surface area contributed by atoms with Crippen molar-refractivity contribution in [1.29, 1.82) is 0 Å². The highest BCUT2D eigenvalue weighted by molar-refractivity contribution is 9.10. The SMILES string of the molecule is Cc1ccccc1SCc1c(F)ccc(Br)c1F. The lowest BCUT2D eigenvalue weighted by Crippen LogP contribution is -1.94. The van der Waals surface area contributed by atoms with Gasteiger partial charge in [0.2, 0.25) is 0 Å². The smallest absolute Gasteiger partial charge is 0.144 e. The summed E-state index contributed by atoms with van der Waals surface area (Å²) >= 11 is 4.51. The highest BCUT2D eigenvalue weighted by atomic mass is 79.9. The van der Waals surface area contributed by atoms with Gasteiger partial charge in [-0.15, -0.1) is 11.8 Å². The number of benzene rings is 2. The Morgan fingerprint density at radius 2 is 1.83 bits per heavy atom. The zero-order chi connectivity index (χ0) is 13.1. The third-order valence-electron chi connectivity index (χ3n) is 2.60. The van der Waals surface area contributed by atoms with Crippen LogP contribution in [0.1, 0.15) is 11.1 Å². The minimum absolute atomic E-state index is 0.109. The standard InChI is InChI=1S/C14H11BrF2S/c1-9-4-2-3-5-13(9)18-8-10-12(16)7-6-11(15)14(10)17/h2-7H,8H2,1H3. The normalized spacial score (nSPS) is 10.7. The Bertz CT molecular complexity index is 570. The summed E-state index contributed by atoms with van der Waals surface area (Å²) in [5, 5.41) is 0. The Balaban J connectivity index is 2.21. The van der Waals surface area contributed by atoms with Gasteiger partial charge in [-0.05, 0) is 46.6 Å². The second-order valence-corrected chi connectivity index (χ2v) is 5.75. The van der Waals surface area contributed by atoms with Crippen LogP contribution in [0.15, 0.2) is 45.8 Å². The number of hydrogen-bond acceptors (Lipinski definition) is 1. The molecule has 0 aliphatic rings. The summed E-state index contributed by atoms with van der Waals surface area (Å²) in [6.45, 7) is 1.98. The Morgan fingerprint density at radius 3 is 2.56 bits per heavy atom. The monoisotopic (exact) mass is 328 g/mol. The van der Waals surface area contributed by atoms with E-state index in [0.717, 1.165) is 10.5 Å². The van der Waals surface area contributed by atoms with E-state index >= 15 is 0 Å². The van der Waals surface area contributed by atoms with Crippen LogP contribution < -0.4 is 0 Å². The molecule has 2 aromatic carbocycles. The molecule has 0 radical (unpaired) electrons. The van der Waals surface area contributed by atoms with E-state index in [1.54, 1.807) is 0 Å². The summed E-state index contributed by atoms with van der Waals surface area (Å²) in [7, 11) is 0. The van der Waals surface area contributed by atoms with Crippen molar-refractivity contribution < 1.29 is 8.78 Å². The zero-order valence-corrected chi connectivity index (χ0v) is 12.1. The molecule has 0 saturated carbocycles. The maximum Gasteiger partial charge on any atom is 0.144 e. The maximum absolute atomic E-state index is 13.8. The first-order valence-electron chi connectivity index (χ1n) is 5.40. The lowest BCUT2D eigenvalue weighted by molar-refractivity contribution is 0.562. The van der Waals surface area contributed by atoms with Crippen LogP contribution in [-0.2, 0) is 5.75 Å². The molecule has 0 spiro atoms.